The number of ether oxygens (including phenoxy) is 2. The first kappa shape index (κ1) is 15.2. The zero-order valence-corrected chi connectivity index (χ0v) is 13.5. The van der Waals surface area contributed by atoms with Crippen molar-refractivity contribution >= 4 is 11.9 Å². The van der Waals surface area contributed by atoms with Gasteiger partial charge >= 0.3 is 6.01 Å². The molecule has 0 saturated heterocycles. The first-order valence-corrected chi connectivity index (χ1v) is 7.80. The Labute approximate surface area is 143 Å². The van der Waals surface area contributed by atoms with E-state index in [9.17, 15) is 4.79 Å². The van der Waals surface area contributed by atoms with Crippen LogP contribution in [0.15, 0.2) is 46.9 Å². The van der Waals surface area contributed by atoms with Gasteiger partial charge in [0.05, 0.1) is 0 Å². The highest BCUT2D eigenvalue weighted by molar-refractivity contribution is 6.03. The summed E-state index contributed by atoms with van der Waals surface area (Å²) in [4.78, 5) is 12.2. The van der Waals surface area contributed by atoms with E-state index in [-0.39, 0.29) is 17.8 Å². The molecule has 0 saturated carbocycles. The molecule has 3 aromatic rings. The van der Waals surface area contributed by atoms with Crippen LogP contribution >= 0.6 is 0 Å². The van der Waals surface area contributed by atoms with Crippen LogP contribution in [0.25, 0.3) is 11.5 Å². The van der Waals surface area contributed by atoms with Crippen molar-refractivity contribution in [3.8, 4) is 23.0 Å². The molecular formula is C18H15N3O4. The van der Waals surface area contributed by atoms with Crippen molar-refractivity contribution in [1.29, 1.82) is 0 Å². The molecule has 0 atom stereocenters. The zero-order valence-electron chi connectivity index (χ0n) is 13.5. The molecule has 4 rings (SSSR count). The SMILES string of the molecule is Cc1cccc(C(=O)Nc2nnc(-c3ccc4c(c3)OCCO4)o2)c1. The molecule has 7 heteroatoms. The maximum atomic E-state index is 12.2. The second-order valence-electron chi connectivity index (χ2n) is 5.59. The Morgan fingerprint density at radius 2 is 1.88 bits per heavy atom. The third-order valence-corrected chi connectivity index (χ3v) is 3.71. The van der Waals surface area contributed by atoms with Crippen molar-refractivity contribution in [2.24, 2.45) is 0 Å². The molecule has 1 aliphatic rings. The van der Waals surface area contributed by atoms with Gasteiger partial charge in [-0.2, -0.15) is 0 Å². The van der Waals surface area contributed by atoms with Gasteiger partial charge < -0.3 is 13.9 Å². The van der Waals surface area contributed by atoms with Crippen molar-refractivity contribution in [2.45, 2.75) is 6.92 Å². The molecule has 0 unspecified atom stereocenters. The molecule has 1 aromatic heterocycles. The predicted octanol–water partition coefficient (Wildman–Crippen LogP) is 3.07. The van der Waals surface area contributed by atoms with Crippen molar-refractivity contribution in [2.75, 3.05) is 18.5 Å². The number of anilines is 1. The third kappa shape index (κ3) is 3.16. The smallest absolute Gasteiger partial charge is 0.322 e. The van der Waals surface area contributed by atoms with Gasteiger partial charge in [-0.05, 0) is 37.3 Å². The topological polar surface area (TPSA) is 86.5 Å². The quantitative estimate of drug-likeness (QED) is 0.790. The number of hydrogen-bond donors (Lipinski definition) is 1. The first-order valence-electron chi connectivity index (χ1n) is 7.80. The van der Waals surface area contributed by atoms with E-state index in [1.807, 2.05) is 19.1 Å². The van der Waals surface area contributed by atoms with Gasteiger partial charge in [0.15, 0.2) is 11.5 Å². The number of amides is 1. The summed E-state index contributed by atoms with van der Waals surface area (Å²) < 4.78 is 16.6. The minimum atomic E-state index is -0.305. The number of nitrogens with one attached hydrogen (secondary N) is 1. The Bertz CT molecular complexity index is 936. The number of rotatable bonds is 3. The first-order chi connectivity index (χ1) is 12.2. The number of fused-ring (bicyclic) bond motifs is 1. The van der Waals surface area contributed by atoms with Crippen molar-refractivity contribution in [3.63, 3.8) is 0 Å². The normalized spacial score (nSPS) is 12.7. The van der Waals surface area contributed by atoms with Gasteiger partial charge in [-0.3, -0.25) is 10.1 Å². The van der Waals surface area contributed by atoms with Crippen LogP contribution in [0.1, 0.15) is 15.9 Å². The van der Waals surface area contributed by atoms with E-state index >= 15 is 0 Å². The summed E-state index contributed by atoms with van der Waals surface area (Å²) in [5.41, 5.74) is 2.21. The Morgan fingerprint density at radius 3 is 2.72 bits per heavy atom. The summed E-state index contributed by atoms with van der Waals surface area (Å²) >= 11 is 0. The Hall–Kier alpha value is -3.35. The molecule has 0 fully saturated rings. The molecule has 0 radical (unpaired) electrons. The van der Waals surface area contributed by atoms with Gasteiger partial charge in [-0.1, -0.05) is 22.8 Å². The number of aryl methyl sites for hydroxylation is 1. The van der Waals surface area contributed by atoms with Gasteiger partial charge in [0.2, 0.25) is 5.89 Å². The Morgan fingerprint density at radius 1 is 1.04 bits per heavy atom. The lowest BCUT2D eigenvalue weighted by Gasteiger charge is -2.18. The number of carbonyl (C=O) groups is 1. The lowest BCUT2D eigenvalue weighted by Crippen LogP contribution is -2.15. The monoisotopic (exact) mass is 337 g/mol. The molecule has 1 aliphatic heterocycles. The molecule has 2 heterocycles. The third-order valence-electron chi connectivity index (χ3n) is 3.71. The number of nitrogens with zero attached hydrogens (tertiary/aromatic N) is 2. The van der Waals surface area contributed by atoms with Gasteiger partial charge in [-0.25, -0.2) is 0 Å². The molecule has 25 heavy (non-hydrogen) atoms. The van der Waals surface area contributed by atoms with E-state index < -0.39 is 0 Å². The van der Waals surface area contributed by atoms with Crippen LogP contribution in [0.4, 0.5) is 6.01 Å². The minimum Gasteiger partial charge on any atom is -0.486 e. The summed E-state index contributed by atoms with van der Waals surface area (Å²) in [6.07, 6.45) is 0. The molecule has 1 amide bonds. The van der Waals surface area contributed by atoms with Gasteiger partial charge in [0, 0.05) is 11.1 Å². The summed E-state index contributed by atoms with van der Waals surface area (Å²) in [6.45, 7) is 2.95. The molecule has 0 spiro atoms. The van der Waals surface area contributed by atoms with Crippen LogP contribution in [0.2, 0.25) is 0 Å². The Kier molecular flexibility index (Phi) is 3.81. The maximum absolute atomic E-state index is 12.2. The van der Waals surface area contributed by atoms with Crippen LogP contribution in [-0.4, -0.2) is 29.3 Å². The van der Waals surface area contributed by atoms with Crippen LogP contribution in [0.3, 0.4) is 0 Å². The molecule has 0 bridgehead atoms. The average molecular weight is 337 g/mol. The summed E-state index contributed by atoms with van der Waals surface area (Å²) in [6, 6.07) is 12.6. The lowest BCUT2D eigenvalue weighted by molar-refractivity contribution is 0.102. The molecule has 1 N–H and O–H groups in total. The van der Waals surface area contributed by atoms with Crippen LogP contribution in [0, 0.1) is 6.92 Å². The van der Waals surface area contributed by atoms with Crippen molar-refractivity contribution < 1.29 is 18.7 Å². The number of hydrogen-bond acceptors (Lipinski definition) is 6. The van der Waals surface area contributed by atoms with E-state index in [1.165, 1.54) is 0 Å². The summed E-state index contributed by atoms with van der Waals surface area (Å²) in [5.74, 6) is 1.30. The molecule has 0 aliphatic carbocycles. The lowest BCUT2D eigenvalue weighted by atomic mass is 10.1. The second kappa shape index (κ2) is 6.27. The van der Waals surface area contributed by atoms with Gasteiger partial charge in [0.25, 0.3) is 5.91 Å². The van der Waals surface area contributed by atoms with E-state index in [0.717, 1.165) is 5.56 Å². The standard InChI is InChI=1S/C18H15N3O4/c1-11-3-2-4-12(9-11)16(22)19-18-21-20-17(25-18)13-5-6-14-15(10-13)24-8-7-23-14/h2-6,9-10H,7-8H2,1H3,(H,19,21,22). The van der Waals surface area contributed by atoms with E-state index in [1.54, 1.807) is 30.3 Å². The fourth-order valence-electron chi connectivity index (χ4n) is 2.52. The molecule has 7 nitrogen and oxygen atoms in total. The fourth-order valence-corrected chi connectivity index (χ4v) is 2.52. The van der Waals surface area contributed by atoms with E-state index in [4.69, 9.17) is 13.9 Å². The predicted molar refractivity (Wildman–Crippen MR) is 89.9 cm³/mol. The molecular weight excluding hydrogens is 322 g/mol. The van der Waals surface area contributed by atoms with E-state index in [2.05, 4.69) is 15.5 Å². The van der Waals surface area contributed by atoms with Gasteiger partial charge in [-0.15, -0.1) is 5.10 Å². The minimum absolute atomic E-state index is 0.0383. The summed E-state index contributed by atoms with van der Waals surface area (Å²) in [5, 5.41) is 10.4. The molecule has 2 aromatic carbocycles. The number of benzene rings is 2. The average Bonchev–Trinajstić information content (AvgIpc) is 3.10. The fraction of sp³-hybridized carbons (Fsp3) is 0.167. The number of carbonyl (C=O) groups excluding carboxylic acids is 1. The van der Waals surface area contributed by atoms with E-state index in [0.29, 0.717) is 35.8 Å². The largest absolute Gasteiger partial charge is 0.486 e. The van der Waals surface area contributed by atoms with Crippen molar-refractivity contribution in [3.05, 3.63) is 53.6 Å². The highest BCUT2D eigenvalue weighted by atomic mass is 16.6. The van der Waals surface area contributed by atoms with Crippen LogP contribution in [-0.2, 0) is 0 Å². The second-order valence-corrected chi connectivity index (χ2v) is 5.59. The maximum Gasteiger partial charge on any atom is 0.322 e. The summed E-state index contributed by atoms with van der Waals surface area (Å²) in [7, 11) is 0. The highest BCUT2D eigenvalue weighted by Crippen LogP contribution is 2.34. The molecule has 126 valence electrons. The Balaban J connectivity index is 1.53. The van der Waals surface area contributed by atoms with Crippen molar-refractivity contribution in [1.82, 2.24) is 10.2 Å². The van der Waals surface area contributed by atoms with Gasteiger partial charge in [0.1, 0.15) is 13.2 Å². The zero-order chi connectivity index (χ0) is 17.2. The number of aromatic nitrogens is 2. The highest BCUT2D eigenvalue weighted by Gasteiger charge is 2.16. The van der Waals surface area contributed by atoms with Crippen LogP contribution < -0.4 is 14.8 Å². The van der Waals surface area contributed by atoms with Crippen LogP contribution in [0.5, 0.6) is 11.5 Å².